The molecular weight excluding hydrogens is 401 g/mol. The van der Waals surface area contributed by atoms with Crippen LogP contribution in [0.5, 0.6) is 5.75 Å². The van der Waals surface area contributed by atoms with E-state index in [1.165, 1.54) is 31.4 Å². The third-order valence-electron chi connectivity index (χ3n) is 2.59. The maximum absolute atomic E-state index is 12.3. The van der Waals surface area contributed by atoms with Gasteiger partial charge in [-0.1, -0.05) is 39.1 Å². The van der Waals surface area contributed by atoms with Gasteiger partial charge in [0.25, 0.3) is 10.0 Å². The molecule has 0 bridgehead atoms. The number of methoxy groups -OCH3 is 1. The highest BCUT2D eigenvalue weighted by molar-refractivity contribution is 9.10. The molecule has 0 saturated heterocycles. The molecule has 112 valence electrons. The van der Waals surface area contributed by atoms with Gasteiger partial charge >= 0.3 is 0 Å². The number of hydrogen-bond donors (Lipinski definition) is 1. The summed E-state index contributed by atoms with van der Waals surface area (Å²) in [5.41, 5.74) is 0.329. The molecule has 0 spiro atoms. The van der Waals surface area contributed by atoms with E-state index in [0.29, 0.717) is 20.9 Å². The van der Waals surface area contributed by atoms with Crippen LogP contribution >= 0.6 is 39.1 Å². The summed E-state index contributed by atoms with van der Waals surface area (Å²) in [5, 5.41) is 0.514. The van der Waals surface area contributed by atoms with Crippen molar-refractivity contribution in [1.82, 2.24) is 0 Å². The predicted molar refractivity (Wildman–Crippen MR) is 88.0 cm³/mol. The normalized spacial score (nSPS) is 11.2. The summed E-state index contributed by atoms with van der Waals surface area (Å²) in [6, 6.07) is 9.10. The fourth-order valence-corrected chi connectivity index (χ4v) is 3.91. The van der Waals surface area contributed by atoms with Crippen LogP contribution < -0.4 is 9.46 Å². The van der Waals surface area contributed by atoms with Crippen molar-refractivity contribution in [2.24, 2.45) is 0 Å². The lowest BCUT2D eigenvalue weighted by molar-refractivity contribution is 0.415. The Morgan fingerprint density at radius 1 is 1.10 bits per heavy atom. The summed E-state index contributed by atoms with van der Waals surface area (Å²) >= 11 is 15.1. The Balaban J connectivity index is 2.37. The first-order valence-electron chi connectivity index (χ1n) is 5.65. The third-order valence-corrected chi connectivity index (χ3v) is 5.26. The van der Waals surface area contributed by atoms with E-state index >= 15 is 0 Å². The second-order valence-electron chi connectivity index (χ2n) is 4.03. The van der Waals surface area contributed by atoms with Crippen molar-refractivity contribution in [3.05, 3.63) is 50.9 Å². The number of anilines is 1. The average Bonchev–Trinajstić information content (AvgIpc) is 2.40. The predicted octanol–water partition coefficient (Wildman–Crippen LogP) is 4.57. The van der Waals surface area contributed by atoms with E-state index in [9.17, 15) is 8.42 Å². The van der Waals surface area contributed by atoms with Crippen molar-refractivity contribution in [3.63, 3.8) is 0 Å². The molecule has 0 saturated carbocycles. The SMILES string of the molecule is COc1cc(NS(=O)(=O)c2ccc(Br)cc2Cl)ccc1Cl. The molecule has 8 heteroatoms. The summed E-state index contributed by atoms with van der Waals surface area (Å²) in [4.78, 5) is -0.0127. The fraction of sp³-hybridized carbons (Fsp3) is 0.0769. The van der Waals surface area contributed by atoms with E-state index in [4.69, 9.17) is 27.9 Å². The molecule has 0 fully saturated rings. The molecule has 0 aliphatic heterocycles. The smallest absolute Gasteiger partial charge is 0.263 e. The Bertz CT molecular complexity index is 781. The zero-order valence-electron chi connectivity index (χ0n) is 10.7. The molecule has 21 heavy (non-hydrogen) atoms. The van der Waals surface area contributed by atoms with Crippen LogP contribution in [0.15, 0.2) is 45.8 Å². The van der Waals surface area contributed by atoms with Gasteiger partial charge in [-0.15, -0.1) is 0 Å². The average molecular weight is 411 g/mol. The minimum absolute atomic E-state index is 0.0127. The third kappa shape index (κ3) is 3.83. The lowest BCUT2D eigenvalue weighted by Gasteiger charge is -2.11. The van der Waals surface area contributed by atoms with E-state index in [2.05, 4.69) is 20.7 Å². The molecule has 0 heterocycles. The number of rotatable bonds is 4. The van der Waals surface area contributed by atoms with Crippen LogP contribution in [0.1, 0.15) is 0 Å². The summed E-state index contributed by atoms with van der Waals surface area (Å²) < 4.78 is 32.8. The lowest BCUT2D eigenvalue weighted by atomic mass is 10.3. The molecule has 4 nitrogen and oxygen atoms in total. The van der Waals surface area contributed by atoms with Gasteiger partial charge < -0.3 is 4.74 Å². The molecule has 0 aromatic heterocycles. The van der Waals surface area contributed by atoms with Crippen LogP contribution in [-0.4, -0.2) is 15.5 Å². The van der Waals surface area contributed by atoms with E-state index in [1.54, 1.807) is 12.1 Å². The highest BCUT2D eigenvalue weighted by Crippen LogP contribution is 2.30. The van der Waals surface area contributed by atoms with Gasteiger partial charge in [-0.05, 0) is 30.3 Å². The maximum atomic E-state index is 12.3. The van der Waals surface area contributed by atoms with Gasteiger partial charge in [-0.3, -0.25) is 4.72 Å². The van der Waals surface area contributed by atoms with Gasteiger partial charge in [0.1, 0.15) is 10.6 Å². The van der Waals surface area contributed by atoms with E-state index in [0.717, 1.165) is 0 Å². The second-order valence-corrected chi connectivity index (χ2v) is 7.41. The number of hydrogen-bond acceptors (Lipinski definition) is 3. The molecule has 0 amide bonds. The van der Waals surface area contributed by atoms with Crippen LogP contribution in [-0.2, 0) is 10.0 Å². The first-order valence-corrected chi connectivity index (χ1v) is 8.68. The van der Waals surface area contributed by atoms with E-state index < -0.39 is 10.0 Å². The van der Waals surface area contributed by atoms with Crippen LogP contribution in [0, 0.1) is 0 Å². The van der Waals surface area contributed by atoms with Crippen LogP contribution in [0.4, 0.5) is 5.69 Å². The standard InChI is InChI=1S/C13H10BrCl2NO3S/c1-20-12-7-9(3-4-10(12)15)17-21(18,19)13-5-2-8(14)6-11(13)16/h2-7,17H,1H3. The highest BCUT2D eigenvalue weighted by atomic mass is 79.9. The first kappa shape index (κ1) is 16.4. The Kier molecular flexibility index (Phi) is 5.03. The first-order chi connectivity index (χ1) is 9.83. The number of halogens is 3. The molecule has 2 rings (SSSR count). The van der Waals surface area contributed by atoms with Gasteiger partial charge in [-0.2, -0.15) is 0 Å². The van der Waals surface area contributed by atoms with Gasteiger partial charge in [0.05, 0.1) is 22.8 Å². The number of benzene rings is 2. The van der Waals surface area contributed by atoms with Crippen molar-refractivity contribution in [2.75, 3.05) is 11.8 Å². The molecule has 0 aliphatic rings. The Hall–Kier alpha value is -0.950. The minimum atomic E-state index is -3.80. The van der Waals surface area contributed by atoms with Crippen molar-refractivity contribution >= 4 is 54.8 Å². The molecule has 0 aliphatic carbocycles. The largest absolute Gasteiger partial charge is 0.495 e. The zero-order valence-corrected chi connectivity index (χ0v) is 14.6. The monoisotopic (exact) mass is 409 g/mol. The van der Waals surface area contributed by atoms with Crippen molar-refractivity contribution in [1.29, 1.82) is 0 Å². The minimum Gasteiger partial charge on any atom is -0.495 e. The topological polar surface area (TPSA) is 55.4 Å². The summed E-state index contributed by atoms with van der Waals surface area (Å²) in [7, 11) is -2.35. The maximum Gasteiger partial charge on any atom is 0.263 e. The molecule has 0 radical (unpaired) electrons. The van der Waals surface area contributed by atoms with Crippen LogP contribution in [0.2, 0.25) is 10.0 Å². The van der Waals surface area contributed by atoms with E-state index in [1.807, 2.05) is 0 Å². The second kappa shape index (κ2) is 6.44. The molecule has 1 N–H and O–H groups in total. The van der Waals surface area contributed by atoms with E-state index in [-0.39, 0.29) is 9.92 Å². The molecule has 2 aromatic rings. The number of sulfonamides is 1. The number of nitrogens with one attached hydrogen (secondary N) is 1. The molecule has 2 aromatic carbocycles. The summed E-state index contributed by atoms with van der Waals surface area (Å²) in [5.74, 6) is 0.374. The van der Waals surface area contributed by atoms with Crippen LogP contribution in [0.3, 0.4) is 0 Å². The van der Waals surface area contributed by atoms with Crippen molar-refractivity contribution < 1.29 is 13.2 Å². The fourth-order valence-electron chi connectivity index (χ4n) is 1.63. The van der Waals surface area contributed by atoms with Crippen LogP contribution in [0.25, 0.3) is 0 Å². The van der Waals surface area contributed by atoms with Crippen molar-refractivity contribution in [2.45, 2.75) is 4.90 Å². The molecule has 0 atom stereocenters. The van der Waals surface area contributed by atoms with Gasteiger partial charge in [0, 0.05) is 10.5 Å². The quantitative estimate of drug-likeness (QED) is 0.803. The summed E-state index contributed by atoms with van der Waals surface area (Å²) in [6.45, 7) is 0. The lowest BCUT2D eigenvalue weighted by Crippen LogP contribution is -2.13. The van der Waals surface area contributed by atoms with Gasteiger partial charge in [0.2, 0.25) is 0 Å². The Labute approximate surface area is 141 Å². The molecule has 0 unspecified atom stereocenters. The molecular formula is C13H10BrCl2NO3S. The van der Waals surface area contributed by atoms with Gasteiger partial charge in [-0.25, -0.2) is 8.42 Å². The zero-order chi connectivity index (χ0) is 15.6. The Morgan fingerprint density at radius 2 is 1.81 bits per heavy atom. The Morgan fingerprint density at radius 3 is 2.43 bits per heavy atom. The van der Waals surface area contributed by atoms with Gasteiger partial charge in [0.15, 0.2) is 0 Å². The summed E-state index contributed by atoms with van der Waals surface area (Å²) in [6.07, 6.45) is 0. The number of ether oxygens (including phenoxy) is 1. The van der Waals surface area contributed by atoms with Crippen molar-refractivity contribution in [3.8, 4) is 5.75 Å². The highest BCUT2D eigenvalue weighted by Gasteiger charge is 2.18.